The number of hydrogen-bond donors (Lipinski definition) is 2. The standard InChI is InChI=1S/C25H24F3N5O2/c1-17(34)33-14-13-32(16-22(33)18-7-3-2-4-8-18)23-12-11-19(15-29-23)24(35)31-30-21-10-6-5-9-20(21)25(26,27)28/h2-12,15,22,30H,13-14,16H2,1H3,(H,31,35). The normalized spacial score (nSPS) is 16.1. The van der Waals surface area contributed by atoms with Crippen LogP contribution >= 0.6 is 0 Å². The molecule has 2 aromatic carbocycles. The lowest BCUT2D eigenvalue weighted by Gasteiger charge is -2.41. The number of hydrogen-bond acceptors (Lipinski definition) is 5. The molecule has 1 atom stereocenters. The summed E-state index contributed by atoms with van der Waals surface area (Å²) in [6.45, 7) is 3.20. The Kier molecular flexibility index (Phi) is 6.90. The number of para-hydroxylation sites is 1. The van der Waals surface area contributed by atoms with Crippen LogP contribution in [0.5, 0.6) is 0 Å². The average Bonchev–Trinajstić information content (AvgIpc) is 2.87. The van der Waals surface area contributed by atoms with E-state index in [0.29, 0.717) is 25.5 Å². The molecule has 35 heavy (non-hydrogen) atoms. The maximum Gasteiger partial charge on any atom is 0.418 e. The molecule has 1 saturated heterocycles. The quantitative estimate of drug-likeness (QED) is 0.530. The van der Waals surface area contributed by atoms with E-state index in [-0.39, 0.29) is 23.2 Å². The van der Waals surface area contributed by atoms with Crippen LogP contribution in [-0.2, 0) is 11.0 Å². The van der Waals surface area contributed by atoms with E-state index in [1.54, 1.807) is 19.1 Å². The summed E-state index contributed by atoms with van der Waals surface area (Å²) in [7, 11) is 0. The summed E-state index contributed by atoms with van der Waals surface area (Å²) >= 11 is 0. The molecule has 2 amide bonds. The Morgan fingerprint density at radius 3 is 2.34 bits per heavy atom. The number of carbonyl (C=O) groups is 2. The van der Waals surface area contributed by atoms with Crippen molar-refractivity contribution in [1.82, 2.24) is 15.3 Å². The van der Waals surface area contributed by atoms with Gasteiger partial charge in [-0.1, -0.05) is 42.5 Å². The fourth-order valence-corrected chi connectivity index (χ4v) is 4.07. The van der Waals surface area contributed by atoms with E-state index in [1.165, 1.54) is 24.4 Å². The maximum atomic E-state index is 13.1. The van der Waals surface area contributed by atoms with E-state index in [9.17, 15) is 22.8 Å². The third-order valence-electron chi connectivity index (χ3n) is 5.85. The lowest BCUT2D eigenvalue weighted by atomic mass is 10.0. The second-order valence-corrected chi connectivity index (χ2v) is 8.11. The van der Waals surface area contributed by atoms with Crippen molar-refractivity contribution in [2.75, 3.05) is 30.0 Å². The average molecular weight is 483 g/mol. The predicted octanol–water partition coefficient (Wildman–Crippen LogP) is 4.27. The zero-order chi connectivity index (χ0) is 25.0. The minimum absolute atomic E-state index is 0.00178. The molecule has 0 spiro atoms. The van der Waals surface area contributed by atoms with Gasteiger partial charge in [0.1, 0.15) is 5.82 Å². The number of nitrogens with zero attached hydrogens (tertiary/aromatic N) is 3. The Balaban J connectivity index is 1.43. The molecule has 2 heterocycles. The van der Waals surface area contributed by atoms with Gasteiger partial charge in [-0.15, -0.1) is 0 Å². The van der Waals surface area contributed by atoms with Crippen molar-refractivity contribution in [2.45, 2.75) is 19.1 Å². The molecule has 3 aromatic rings. The molecule has 1 aliphatic heterocycles. The number of piperazine rings is 1. The number of nitrogens with one attached hydrogen (secondary N) is 2. The van der Waals surface area contributed by atoms with E-state index >= 15 is 0 Å². The summed E-state index contributed by atoms with van der Waals surface area (Å²) in [5, 5.41) is 0. The highest BCUT2D eigenvalue weighted by Crippen LogP contribution is 2.34. The molecule has 0 radical (unpaired) electrons. The van der Waals surface area contributed by atoms with Gasteiger partial charge in [-0.3, -0.25) is 20.4 Å². The van der Waals surface area contributed by atoms with Gasteiger partial charge in [0.15, 0.2) is 0 Å². The van der Waals surface area contributed by atoms with Gasteiger partial charge in [0.05, 0.1) is 22.9 Å². The van der Waals surface area contributed by atoms with Crippen molar-refractivity contribution in [3.05, 3.63) is 89.6 Å². The van der Waals surface area contributed by atoms with E-state index in [4.69, 9.17) is 0 Å². The zero-order valence-corrected chi connectivity index (χ0v) is 18.9. The highest BCUT2D eigenvalue weighted by atomic mass is 19.4. The molecule has 4 rings (SSSR count). The van der Waals surface area contributed by atoms with Crippen LogP contribution in [0.15, 0.2) is 72.9 Å². The number of amides is 2. The first-order valence-corrected chi connectivity index (χ1v) is 11.0. The molecule has 0 saturated carbocycles. The second kappa shape index (κ2) is 10.0. The summed E-state index contributed by atoms with van der Waals surface area (Å²) in [4.78, 5) is 32.9. The third-order valence-corrected chi connectivity index (χ3v) is 5.85. The van der Waals surface area contributed by atoms with Crippen LogP contribution in [0.1, 0.15) is 34.5 Å². The number of carbonyl (C=O) groups excluding carboxylic acids is 2. The molecule has 0 aliphatic carbocycles. The number of rotatable bonds is 5. The van der Waals surface area contributed by atoms with Crippen LogP contribution in [-0.4, -0.2) is 41.3 Å². The highest BCUT2D eigenvalue weighted by molar-refractivity contribution is 5.94. The molecule has 2 N–H and O–H groups in total. The SMILES string of the molecule is CC(=O)N1CCN(c2ccc(C(=O)NNc3ccccc3C(F)(F)F)cn2)CC1c1ccccc1. The molecule has 182 valence electrons. The number of aromatic nitrogens is 1. The topological polar surface area (TPSA) is 77.6 Å². The van der Waals surface area contributed by atoms with Crippen LogP contribution in [0.3, 0.4) is 0 Å². The van der Waals surface area contributed by atoms with Crippen molar-refractivity contribution in [3.8, 4) is 0 Å². The fraction of sp³-hybridized carbons (Fsp3) is 0.240. The molecular weight excluding hydrogens is 459 g/mol. The van der Waals surface area contributed by atoms with E-state index in [2.05, 4.69) is 15.8 Å². The lowest BCUT2D eigenvalue weighted by molar-refractivity contribution is -0.137. The van der Waals surface area contributed by atoms with Crippen LogP contribution < -0.4 is 15.8 Å². The largest absolute Gasteiger partial charge is 0.418 e. The van der Waals surface area contributed by atoms with Gasteiger partial charge in [0, 0.05) is 32.8 Å². The molecule has 0 bridgehead atoms. The number of anilines is 2. The first-order valence-electron chi connectivity index (χ1n) is 11.0. The van der Waals surface area contributed by atoms with Crippen molar-refractivity contribution in [1.29, 1.82) is 0 Å². The molecule has 7 nitrogen and oxygen atoms in total. The number of alkyl halides is 3. The van der Waals surface area contributed by atoms with Crippen LogP contribution in [0.2, 0.25) is 0 Å². The number of hydrazine groups is 1. The zero-order valence-electron chi connectivity index (χ0n) is 18.9. The summed E-state index contributed by atoms with van der Waals surface area (Å²) in [6.07, 6.45) is -3.18. The highest BCUT2D eigenvalue weighted by Gasteiger charge is 2.33. The molecule has 1 fully saturated rings. The van der Waals surface area contributed by atoms with Crippen molar-refractivity contribution < 1.29 is 22.8 Å². The number of halogens is 3. The van der Waals surface area contributed by atoms with E-state index in [0.717, 1.165) is 11.6 Å². The fourth-order valence-electron chi connectivity index (χ4n) is 4.07. The predicted molar refractivity (Wildman–Crippen MR) is 126 cm³/mol. The van der Waals surface area contributed by atoms with Gasteiger partial charge in [0.2, 0.25) is 5.91 Å². The Labute approximate surface area is 200 Å². The molecular formula is C25H24F3N5O2. The van der Waals surface area contributed by atoms with Crippen molar-refractivity contribution >= 4 is 23.3 Å². The molecule has 1 aromatic heterocycles. The first kappa shape index (κ1) is 24.1. The summed E-state index contributed by atoms with van der Waals surface area (Å²) in [6, 6.07) is 17.7. The summed E-state index contributed by atoms with van der Waals surface area (Å²) in [5.41, 5.74) is 4.70. The second-order valence-electron chi connectivity index (χ2n) is 8.11. The molecule has 1 unspecified atom stereocenters. The Hall–Kier alpha value is -4.08. The van der Waals surface area contributed by atoms with E-state index in [1.807, 2.05) is 40.1 Å². The van der Waals surface area contributed by atoms with Gasteiger partial charge in [0.25, 0.3) is 5.91 Å². The Bertz CT molecular complexity index is 1190. The Morgan fingerprint density at radius 2 is 1.69 bits per heavy atom. The van der Waals surface area contributed by atoms with Gasteiger partial charge in [-0.05, 0) is 29.8 Å². The van der Waals surface area contributed by atoms with Crippen molar-refractivity contribution in [2.24, 2.45) is 0 Å². The van der Waals surface area contributed by atoms with Crippen LogP contribution in [0.25, 0.3) is 0 Å². The lowest BCUT2D eigenvalue weighted by Crippen LogP contribution is -2.50. The van der Waals surface area contributed by atoms with Gasteiger partial charge >= 0.3 is 6.18 Å². The first-order chi connectivity index (χ1) is 16.7. The van der Waals surface area contributed by atoms with Crippen molar-refractivity contribution in [3.63, 3.8) is 0 Å². The molecule has 1 aliphatic rings. The van der Waals surface area contributed by atoms with Crippen LogP contribution in [0.4, 0.5) is 24.7 Å². The third kappa shape index (κ3) is 5.53. The summed E-state index contributed by atoms with van der Waals surface area (Å²) in [5.74, 6) is 0.0173. The van der Waals surface area contributed by atoms with Gasteiger partial charge < -0.3 is 9.80 Å². The van der Waals surface area contributed by atoms with Gasteiger partial charge in [-0.2, -0.15) is 13.2 Å². The maximum absolute atomic E-state index is 13.1. The minimum Gasteiger partial charge on any atom is -0.352 e. The van der Waals surface area contributed by atoms with Crippen LogP contribution in [0, 0.1) is 0 Å². The monoisotopic (exact) mass is 483 g/mol. The summed E-state index contributed by atoms with van der Waals surface area (Å²) < 4.78 is 39.4. The smallest absolute Gasteiger partial charge is 0.352 e. The number of benzene rings is 2. The molecule has 10 heteroatoms. The van der Waals surface area contributed by atoms with Gasteiger partial charge in [-0.25, -0.2) is 4.98 Å². The van der Waals surface area contributed by atoms with E-state index < -0.39 is 17.6 Å². The number of pyridine rings is 1. The minimum atomic E-state index is -4.55. The Morgan fingerprint density at radius 1 is 0.971 bits per heavy atom.